The Morgan fingerprint density at radius 3 is 2.54 bits per heavy atom. The molecular weight excluding hydrogens is 382 g/mol. The minimum Gasteiger partial charge on any atom is -0.486 e. The van der Waals surface area contributed by atoms with Crippen LogP contribution in [0, 0.1) is 0 Å². The molecule has 2 aromatic rings. The van der Waals surface area contributed by atoms with E-state index in [1.54, 1.807) is 12.3 Å². The Bertz CT molecular complexity index is 892. The van der Waals surface area contributed by atoms with Crippen molar-refractivity contribution in [3.05, 3.63) is 42.4 Å². The lowest BCUT2D eigenvalue weighted by atomic mass is 10.1. The highest BCUT2D eigenvalue weighted by atomic mass is 32.2. The first-order valence-electron chi connectivity index (χ1n) is 9.38. The van der Waals surface area contributed by atoms with Gasteiger partial charge in [0.05, 0.1) is 17.2 Å². The topological polar surface area (TPSA) is 84.2 Å². The van der Waals surface area contributed by atoms with Crippen molar-refractivity contribution in [2.75, 3.05) is 53.0 Å². The molecule has 2 aliphatic heterocycles. The Hall–Kier alpha value is -2.07. The van der Waals surface area contributed by atoms with Gasteiger partial charge >= 0.3 is 0 Å². The van der Waals surface area contributed by atoms with E-state index in [2.05, 4.69) is 21.6 Å². The quantitative estimate of drug-likeness (QED) is 0.773. The van der Waals surface area contributed by atoms with E-state index in [4.69, 9.17) is 13.9 Å². The largest absolute Gasteiger partial charge is 0.486 e. The molecule has 1 N–H and O–H groups in total. The van der Waals surface area contributed by atoms with Crippen molar-refractivity contribution in [1.29, 1.82) is 0 Å². The average molecular weight is 407 g/mol. The number of hydrogen-bond acceptors (Lipinski definition) is 7. The second-order valence-corrected chi connectivity index (χ2v) is 8.79. The summed E-state index contributed by atoms with van der Waals surface area (Å²) in [5.41, 5.74) is 0. The smallest absolute Gasteiger partial charge is 0.240 e. The number of rotatable bonds is 6. The first-order chi connectivity index (χ1) is 13.5. The molecule has 8 nitrogen and oxygen atoms in total. The lowest BCUT2D eigenvalue weighted by molar-refractivity contribution is 0.102. The molecule has 1 saturated heterocycles. The van der Waals surface area contributed by atoms with Crippen molar-refractivity contribution in [2.45, 2.75) is 10.9 Å². The summed E-state index contributed by atoms with van der Waals surface area (Å²) in [7, 11) is -1.61. The highest BCUT2D eigenvalue weighted by Gasteiger charge is 2.28. The van der Waals surface area contributed by atoms with Crippen LogP contribution in [0.4, 0.5) is 0 Å². The van der Waals surface area contributed by atoms with E-state index in [0.717, 1.165) is 31.9 Å². The molecule has 1 aromatic heterocycles. The summed E-state index contributed by atoms with van der Waals surface area (Å²) in [4.78, 5) is 4.67. The normalized spacial score (nSPS) is 19.5. The number of piperazine rings is 1. The molecule has 1 aromatic carbocycles. The zero-order valence-corrected chi connectivity index (χ0v) is 16.7. The van der Waals surface area contributed by atoms with Crippen LogP contribution >= 0.6 is 0 Å². The van der Waals surface area contributed by atoms with E-state index in [0.29, 0.717) is 24.7 Å². The van der Waals surface area contributed by atoms with Gasteiger partial charge in [0.2, 0.25) is 10.0 Å². The predicted molar refractivity (Wildman–Crippen MR) is 103 cm³/mol. The van der Waals surface area contributed by atoms with E-state index in [1.165, 1.54) is 12.1 Å². The molecule has 0 spiro atoms. The zero-order valence-electron chi connectivity index (χ0n) is 15.8. The van der Waals surface area contributed by atoms with Gasteiger partial charge in [-0.1, -0.05) is 0 Å². The van der Waals surface area contributed by atoms with Gasteiger partial charge in [-0.15, -0.1) is 0 Å². The third kappa shape index (κ3) is 4.17. The van der Waals surface area contributed by atoms with Gasteiger partial charge in [0, 0.05) is 38.8 Å². The Balaban J connectivity index is 1.50. The predicted octanol–water partition coefficient (Wildman–Crippen LogP) is 1.32. The molecule has 1 fully saturated rings. The van der Waals surface area contributed by atoms with Crippen LogP contribution in [-0.4, -0.2) is 71.2 Å². The Labute approximate surface area is 165 Å². The van der Waals surface area contributed by atoms with Crippen molar-refractivity contribution in [3.8, 4) is 11.5 Å². The van der Waals surface area contributed by atoms with Crippen LogP contribution in [0.5, 0.6) is 11.5 Å². The van der Waals surface area contributed by atoms with Crippen molar-refractivity contribution >= 4 is 10.0 Å². The van der Waals surface area contributed by atoms with E-state index < -0.39 is 10.0 Å². The third-order valence-electron chi connectivity index (χ3n) is 5.14. The van der Waals surface area contributed by atoms with Crippen LogP contribution in [0.15, 0.2) is 45.9 Å². The average Bonchev–Trinajstić information content (AvgIpc) is 3.23. The first-order valence-corrected chi connectivity index (χ1v) is 10.9. The number of fused-ring (bicyclic) bond motifs is 1. The molecule has 2 aliphatic rings. The second kappa shape index (κ2) is 8.12. The molecule has 9 heteroatoms. The number of nitrogens with zero attached hydrogens (tertiary/aromatic N) is 2. The van der Waals surface area contributed by atoms with E-state index in [-0.39, 0.29) is 17.5 Å². The fourth-order valence-electron chi connectivity index (χ4n) is 3.49. The van der Waals surface area contributed by atoms with Gasteiger partial charge in [0.25, 0.3) is 0 Å². The minimum atomic E-state index is -3.69. The highest BCUT2D eigenvalue weighted by Crippen LogP contribution is 2.32. The van der Waals surface area contributed by atoms with Crippen molar-refractivity contribution in [3.63, 3.8) is 0 Å². The maximum Gasteiger partial charge on any atom is 0.240 e. The number of likely N-dealkylation sites (N-methyl/N-ethyl adjacent to an activating group) is 1. The van der Waals surface area contributed by atoms with Crippen LogP contribution in [0.2, 0.25) is 0 Å². The number of furan rings is 1. The summed E-state index contributed by atoms with van der Waals surface area (Å²) >= 11 is 0. The van der Waals surface area contributed by atoms with Gasteiger partial charge in [-0.05, 0) is 31.3 Å². The summed E-state index contributed by atoms with van der Waals surface area (Å²) < 4.78 is 45.0. The maximum atomic E-state index is 12.9. The monoisotopic (exact) mass is 407 g/mol. The number of hydrogen-bond donors (Lipinski definition) is 1. The molecule has 3 heterocycles. The molecule has 152 valence electrons. The van der Waals surface area contributed by atoms with Gasteiger partial charge in [-0.3, -0.25) is 4.90 Å². The molecule has 0 bridgehead atoms. The molecule has 4 rings (SSSR count). The minimum absolute atomic E-state index is 0.157. The van der Waals surface area contributed by atoms with Crippen molar-refractivity contribution in [2.24, 2.45) is 0 Å². The molecule has 0 aliphatic carbocycles. The van der Waals surface area contributed by atoms with E-state index in [9.17, 15) is 8.42 Å². The van der Waals surface area contributed by atoms with Gasteiger partial charge in [0.1, 0.15) is 19.0 Å². The summed E-state index contributed by atoms with van der Waals surface area (Å²) in [5.74, 6) is 1.78. The number of nitrogens with one attached hydrogen (secondary N) is 1. The van der Waals surface area contributed by atoms with Crippen LogP contribution in [0.3, 0.4) is 0 Å². The fraction of sp³-hybridized carbons (Fsp3) is 0.474. The summed E-state index contributed by atoms with van der Waals surface area (Å²) in [6.07, 6.45) is 1.62. The summed E-state index contributed by atoms with van der Waals surface area (Å²) in [5, 5.41) is 0. The van der Waals surface area contributed by atoms with E-state index >= 15 is 0 Å². The van der Waals surface area contributed by atoms with Gasteiger partial charge in [0.15, 0.2) is 11.5 Å². The Kier molecular flexibility index (Phi) is 5.58. The summed E-state index contributed by atoms with van der Waals surface area (Å²) in [6.45, 7) is 4.69. The molecule has 0 unspecified atom stereocenters. The molecule has 28 heavy (non-hydrogen) atoms. The highest BCUT2D eigenvalue weighted by molar-refractivity contribution is 7.89. The molecular formula is C19H25N3O5S. The SMILES string of the molecule is CN1CCN([C@@H](CNS(=O)(=O)c2ccc3c(c2)OCCO3)c2ccco2)CC1. The zero-order chi connectivity index (χ0) is 19.6. The molecule has 0 radical (unpaired) electrons. The van der Waals surface area contributed by atoms with E-state index in [1.807, 2.05) is 12.1 Å². The van der Waals surface area contributed by atoms with Crippen LogP contribution in [-0.2, 0) is 10.0 Å². The molecule has 0 saturated carbocycles. The fourth-order valence-corrected chi connectivity index (χ4v) is 4.54. The lowest BCUT2D eigenvalue weighted by Crippen LogP contribution is -2.48. The standard InChI is InChI=1S/C19H25N3O5S/c1-21-6-8-22(9-7-21)16(17-3-2-10-25-17)14-20-28(23,24)15-4-5-18-19(13-15)27-12-11-26-18/h2-5,10,13,16,20H,6-9,11-12,14H2,1H3/t16-/m0/s1. The number of sulfonamides is 1. The van der Waals surface area contributed by atoms with Gasteiger partial charge < -0.3 is 18.8 Å². The Morgan fingerprint density at radius 2 is 1.82 bits per heavy atom. The van der Waals surface area contributed by atoms with Crippen LogP contribution in [0.1, 0.15) is 11.8 Å². The third-order valence-corrected chi connectivity index (χ3v) is 6.56. The van der Waals surface area contributed by atoms with Crippen molar-refractivity contribution < 1.29 is 22.3 Å². The lowest BCUT2D eigenvalue weighted by Gasteiger charge is -2.37. The van der Waals surface area contributed by atoms with Crippen LogP contribution in [0.25, 0.3) is 0 Å². The Morgan fingerprint density at radius 1 is 1.07 bits per heavy atom. The second-order valence-electron chi connectivity index (χ2n) is 7.03. The number of benzene rings is 1. The maximum absolute atomic E-state index is 12.9. The molecule has 0 amide bonds. The molecule has 1 atom stereocenters. The van der Waals surface area contributed by atoms with Gasteiger partial charge in [-0.25, -0.2) is 13.1 Å². The first kappa shape index (κ1) is 19.3. The summed E-state index contributed by atoms with van der Waals surface area (Å²) in [6, 6.07) is 8.24. The number of ether oxygens (including phenoxy) is 2. The van der Waals surface area contributed by atoms with Crippen LogP contribution < -0.4 is 14.2 Å². The van der Waals surface area contributed by atoms with Crippen molar-refractivity contribution in [1.82, 2.24) is 14.5 Å². The van der Waals surface area contributed by atoms with Gasteiger partial charge in [-0.2, -0.15) is 0 Å².